The van der Waals surface area contributed by atoms with Crippen LogP contribution >= 0.6 is 11.3 Å². The van der Waals surface area contributed by atoms with Crippen molar-refractivity contribution in [1.29, 1.82) is 0 Å². The van der Waals surface area contributed by atoms with Crippen LogP contribution < -0.4 is 0 Å². The second-order valence-corrected chi connectivity index (χ2v) is 8.46. The summed E-state index contributed by atoms with van der Waals surface area (Å²) in [5.74, 6) is 0. The highest BCUT2D eigenvalue weighted by Crippen LogP contribution is 2.37. The fourth-order valence-corrected chi connectivity index (χ4v) is 4.83. The second kappa shape index (κ2) is 7.46. The van der Waals surface area contributed by atoms with E-state index in [1.54, 1.807) is 11.3 Å². The molecule has 0 amide bonds. The third-order valence-electron chi connectivity index (χ3n) is 5.61. The highest BCUT2D eigenvalue weighted by atomic mass is 32.1. The van der Waals surface area contributed by atoms with Crippen molar-refractivity contribution in [2.24, 2.45) is 0 Å². The van der Waals surface area contributed by atoms with Gasteiger partial charge in [-0.3, -0.25) is 4.98 Å². The summed E-state index contributed by atoms with van der Waals surface area (Å²) in [7, 11) is 0. The van der Waals surface area contributed by atoms with Gasteiger partial charge < -0.3 is 0 Å². The lowest BCUT2D eigenvalue weighted by atomic mass is 9.96. The summed E-state index contributed by atoms with van der Waals surface area (Å²) in [4.78, 5) is 10.9. The number of hydrogen-bond donors (Lipinski definition) is 0. The molecule has 6 rings (SSSR count). The Morgan fingerprint density at radius 3 is 1.97 bits per heavy atom. The van der Waals surface area contributed by atoms with Gasteiger partial charge in [0, 0.05) is 17.0 Å². The first-order chi connectivity index (χ1) is 15.4. The van der Waals surface area contributed by atoms with Crippen molar-refractivity contribution in [3.63, 3.8) is 0 Å². The molecule has 0 saturated carbocycles. The zero-order chi connectivity index (χ0) is 20.6. The summed E-state index contributed by atoms with van der Waals surface area (Å²) in [6, 6.07) is 33.9. The Balaban J connectivity index is 1.69. The van der Waals surface area contributed by atoms with Crippen molar-refractivity contribution in [1.82, 2.24) is 9.97 Å². The number of fused-ring (bicyclic) bond motifs is 2. The molecule has 0 aliphatic carbocycles. The van der Waals surface area contributed by atoms with Gasteiger partial charge in [0.25, 0.3) is 0 Å². The minimum atomic E-state index is 0.983. The fourth-order valence-electron chi connectivity index (χ4n) is 4.14. The quantitative estimate of drug-likeness (QED) is 0.276. The van der Waals surface area contributed by atoms with E-state index in [4.69, 9.17) is 9.97 Å². The van der Waals surface area contributed by atoms with Crippen LogP contribution in [0.3, 0.4) is 0 Å². The Kier molecular flexibility index (Phi) is 4.33. The normalized spacial score (nSPS) is 11.2. The van der Waals surface area contributed by atoms with Gasteiger partial charge in [0.2, 0.25) is 0 Å². The van der Waals surface area contributed by atoms with E-state index in [2.05, 4.69) is 96.4 Å². The van der Waals surface area contributed by atoms with Gasteiger partial charge in [-0.2, -0.15) is 0 Å². The number of rotatable bonds is 3. The van der Waals surface area contributed by atoms with Crippen LogP contribution in [0.2, 0.25) is 0 Å². The molecule has 0 atom stereocenters. The van der Waals surface area contributed by atoms with Crippen LogP contribution in [-0.2, 0) is 0 Å². The third kappa shape index (κ3) is 3.20. The Morgan fingerprint density at radius 1 is 0.581 bits per heavy atom. The van der Waals surface area contributed by atoms with E-state index in [0.29, 0.717) is 0 Å². The number of nitrogens with zero attached hydrogens (tertiary/aromatic N) is 2. The van der Waals surface area contributed by atoms with Crippen molar-refractivity contribution < 1.29 is 0 Å². The van der Waals surface area contributed by atoms with Gasteiger partial charge in [-0.25, -0.2) is 4.98 Å². The average molecular weight is 415 g/mol. The zero-order valence-corrected chi connectivity index (χ0v) is 17.5. The van der Waals surface area contributed by atoms with Gasteiger partial charge in [-0.15, -0.1) is 11.3 Å². The third-order valence-corrected chi connectivity index (χ3v) is 6.51. The molecule has 146 valence electrons. The van der Waals surface area contributed by atoms with E-state index in [1.807, 2.05) is 12.3 Å². The zero-order valence-electron chi connectivity index (χ0n) is 16.7. The summed E-state index contributed by atoms with van der Waals surface area (Å²) < 4.78 is 0. The number of thiophene rings is 1. The molecular weight excluding hydrogens is 396 g/mol. The number of hydrogen-bond acceptors (Lipinski definition) is 3. The molecule has 0 unspecified atom stereocenters. The van der Waals surface area contributed by atoms with Crippen LogP contribution in [0, 0.1) is 0 Å². The molecule has 0 bridgehead atoms. The van der Waals surface area contributed by atoms with E-state index < -0.39 is 0 Å². The highest BCUT2D eigenvalue weighted by Gasteiger charge is 2.13. The molecule has 2 nitrogen and oxygen atoms in total. The minimum Gasteiger partial charge on any atom is -0.256 e. The van der Waals surface area contributed by atoms with Gasteiger partial charge in [0.1, 0.15) is 0 Å². The molecule has 31 heavy (non-hydrogen) atoms. The Hall–Kier alpha value is -3.82. The monoisotopic (exact) mass is 414 g/mol. The lowest BCUT2D eigenvalue weighted by Crippen LogP contribution is -1.91. The van der Waals surface area contributed by atoms with Crippen molar-refractivity contribution >= 4 is 33.1 Å². The van der Waals surface area contributed by atoms with E-state index in [1.165, 1.54) is 27.1 Å². The van der Waals surface area contributed by atoms with Crippen molar-refractivity contribution in [2.75, 3.05) is 0 Å². The van der Waals surface area contributed by atoms with Gasteiger partial charge in [0.05, 0.1) is 21.6 Å². The van der Waals surface area contributed by atoms with Crippen LogP contribution in [0.5, 0.6) is 0 Å². The predicted octanol–water partition coefficient (Wildman–Crippen LogP) is 7.85. The first kappa shape index (κ1) is 18.0. The molecule has 3 heterocycles. The Labute approximate surface area is 184 Å². The summed E-state index contributed by atoms with van der Waals surface area (Å²) in [5, 5.41) is 4.34. The standard InChI is InChI=1S/C28H18N2S/c1-3-8-19(9-4-1)21-13-14-29-25-17-24-22(20-10-5-2-6-11-20)16-27(28-12-7-15-31-28)30-26(24)18-23(21)25/h1-18H. The summed E-state index contributed by atoms with van der Waals surface area (Å²) in [6.45, 7) is 0. The van der Waals surface area contributed by atoms with Crippen molar-refractivity contribution in [3.8, 4) is 32.8 Å². The molecule has 0 N–H and O–H groups in total. The summed E-state index contributed by atoms with van der Waals surface area (Å²) >= 11 is 1.72. The molecule has 6 aromatic rings. The van der Waals surface area contributed by atoms with E-state index in [-0.39, 0.29) is 0 Å². The molecule has 0 radical (unpaired) electrons. The SMILES string of the molecule is c1ccc(-c2ccnc3cc4c(-c5ccccc5)cc(-c5cccs5)nc4cc23)cc1. The largest absolute Gasteiger partial charge is 0.256 e. The number of pyridine rings is 2. The minimum absolute atomic E-state index is 0.983. The molecule has 3 aromatic heterocycles. The van der Waals surface area contributed by atoms with Crippen LogP contribution in [0.1, 0.15) is 0 Å². The molecular formula is C28H18N2S. The van der Waals surface area contributed by atoms with Crippen molar-refractivity contribution in [2.45, 2.75) is 0 Å². The molecule has 3 heteroatoms. The predicted molar refractivity (Wildman–Crippen MR) is 131 cm³/mol. The van der Waals surface area contributed by atoms with Crippen LogP contribution in [-0.4, -0.2) is 9.97 Å². The average Bonchev–Trinajstić information content (AvgIpc) is 3.38. The summed E-state index contributed by atoms with van der Waals surface area (Å²) in [5.41, 5.74) is 7.71. The van der Waals surface area contributed by atoms with E-state index in [0.717, 1.165) is 27.5 Å². The Morgan fingerprint density at radius 2 is 1.26 bits per heavy atom. The Bertz CT molecular complexity index is 1510. The van der Waals surface area contributed by atoms with Crippen LogP contribution in [0.4, 0.5) is 0 Å². The maximum absolute atomic E-state index is 5.07. The summed E-state index contributed by atoms with van der Waals surface area (Å²) in [6.07, 6.45) is 1.89. The lowest BCUT2D eigenvalue weighted by molar-refractivity contribution is 1.39. The topological polar surface area (TPSA) is 25.8 Å². The molecule has 3 aromatic carbocycles. The molecule has 0 spiro atoms. The van der Waals surface area contributed by atoms with Gasteiger partial charge in [-0.05, 0) is 58.0 Å². The van der Waals surface area contributed by atoms with Crippen LogP contribution in [0.15, 0.2) is 109 Å². The van der Waals surface area contributed by atoms with E-state index in [9.17, 15) is 0 Å². The number of benzene rings is 3. The molecule has 0 saturated heterocycles. The van der Waals surface area contributed by atoms with E-state index >= 15 is 0 Å². The molecule has 0 aliphatic heterocycles. The van der Waals surface area contributed by atoms with Crippen molar-refractivity contribution in [3.05, 3.63) is 109 Å². The second-order valence-electron chi connectivity index (χ2n) is 7.51. The van der Waals surface area contributed by atoms with Gasteiger partial charge >= 0.3 is 0 Å². The smallest absolute Gasteiger partial charge is 0.0815 e. The maximum Gasteiger partial charge on any atom is 0.0815 e. The first-order valence-corrected chi connectivity index (χ1v) is 11.1. The lowest BCUT2D eigenvalue weighted by Gasteiger charge is -2.12. The van der Waals surface area contributed by atoms with Gasteiger partial charge in [0.15, 0.2) is 0 Å². The first-order valence-electron chi connectivity index (χ1n) is 10.2. The highest BCUT2D eigenvalue weighted by molar-refractivity contribution is 7.13. The maximum atomic E-state index is 5.07. The van der Waals surface area contributed by atoms with Gasteiger partial charge in [-0.1, -0.05) is 66.7 Å². The molecule has 0 fully saturated rings. The van der Waals surface area contributed by atoms with Crippen LogP contribution in [0.25, 0.3) is 54.6 Å². The molecule has 0 aliphatic rings. The number of aromatic nitrogens is 2. The fraction of sp³-hybridized carbons (Fsp3) is 0.